The number of alkyl halides is 3. The summed E-state index contributed by atoms with van der Waals surface area (Å²) in [4.78, 5) is 13.0. The van der Waals surface area contributed by atoms with Crippen LogP contribution in [0.5, 0.6) is 0 Å². The molecule has 2 aromatic carbocycles. The highest BCUT2D eigenvalue weighted by Gasteiger charge is 2.35. The van der Waals surface area contributed by atoms with Gasteiger partial charge in [0.15, 0.2) is 11.8 Å². The second kappa shape index (κ2) is 9.73. The van der Waals surface area contributed by atoms with Crippen molar-refractivity contribution in [1.29, 1.82) is 0 Å². The average Bonchev–Trinajstić information content (AvgIpc) is 3.18. The molecule has 0 aliphatic heterocycles. The predicted molar refractivity (Wildman–Crippen MR) is 131 cm³/mol. The van der Waals surface area contributed by atoms with Gasteiger partial charge in [-0.3, -0.25) is 4.68 Å². The topological polar surface area (TPSA) is 94.0 Å². The Morgan fingerprint density at radius 3 is 2.49 bits per heavy atom. The number of nitrogens with zero attached hydrogens (tertiary/aromatic N) is 5. The summed E-state index contributed by atoms with van der Waals surface area (Å²) in [5.41, 5.74) is 11.1. The van der Waals surface area contributed by atoms with E-state index in [9.17, 15) is 13.2 Å². The highest BCUT2D eigenvalue weighted by Crippen LogP contribution is 2.31. The van der Waals surface area contributed by atoms with Crippen LogP contribution in [0.1, 0.15) is 41.9 Å². The molecule has 2 aromatic heterocycles. The zero-order valence-electron chi connectivity index (χ0n) is 19.7. The largest absolute Gasteiger partial charge is 0.433 e. The van der Waals surface area contributed by atoms with Crippen molar-refractivity contribution in [3.05, 3.63) is 76.9 Å². The summed E-state index contributed by atoms with van der Waals surface area (Å²) in [6.45, 7) is 4.28. The van der Waals surface area contributed by atoms with E-state index in [2.05, 4.69) is 51.4 Å². The summed E-state index contributed by atoms with van der Waals surface area (Å²) in [6.07, 6.45) is -0.475. The molecule has 0 bridgehead atoms. The number of hydrogen-bond acceptors (Lipinski definition) is 4. The second-order valence-electron chi connectivity index (χ2n) is 8.17. The monoisotopic (exact) mass is 481 g/mol. The van der Waals surface area contributed by atoms with Crippen LogP contribution in [0.3, 0.4) is 0 Å². The number of aliphatic imine (C=N–C) groups is 1. The van der Waals surface area contributed by atoms with E-state index in [-0.39, 0.29) is 11.8 Å². The first-order chi connectivity index (χ1) is 16.7. The van der Waals surface area contributed by atoms with E-state index < -0.39 is 11.9 Å². The molecule has 4 aromatic rings. The molecule has 182 valence electrons. The minimum absolute atomic E-state index is 0.0684. The Balaban J connectivity index is 1.56. The van der Waals surface area contributed by atoms with Gasteiger partial charge in [0.2, 0.25) is 0 Å². The standard InChI is InChI=1S/C25H26F3N7/c1-4-16-11-19-20(30-14-31-21(19)12-17(16)5-2)10-15-7-6-8-18(9-15)32-24(29)33-23-13-22(25(26,27)28)35(3)34-23/h6-9,11-14H,4-5,10H2,1-3H3,(H3,29,32,33,34). The van der Waals surface area contributed by atoms with Crippen LogP contribution in [0.15, 0.2) is 53.8 Å². The van der Waals surface area contributed by atoms with Crippen LogP contribution in [-0.4, -0.2) is 25.7 Å². The SMILES string of the molecule is CCc1cc2ncnc(Cc3cccc(NC(N)=Nc4cc(C(F)(F)F)n(C)n4)c3)c2cc1CC. The van der Waals surface area contributed by atoms with Gasteiger partial charge < -0.3 is 11.1 Å². The average molecular weight is 482 g/mol. The van der Waals surface area contributed by atoms with Gasteiger partial charge in [-0.25, -0.2) is 9.97 Å². The Labute approximate surface area is 200 Å². The Kier molecular flexibility index (Phi) is 6.72. The zero-order valence-corrected chi connectivity index (χ0v) is 19.7. The summed E-state index contributed by atoms with van der Waals surface area (Å²) < 4.78 is 39.7. The first-order valence-corrected chi connectivity index (χ1v) is 11.2. The van der Waals surface area contributed by atoms with E-state index in [1.165, 1.54) is 18.2 Å². The highest BCUT2D eigenvalue weighted by atomic mass is 19.4. The smallest absolute Gasteiger partial charge is 0.369 e. The highest BCUT2D eigenvalue weighted by molar-refractivity contribution is 5.93. The van der Waals surface area contributed by atoms with Crippen molar-refractivity contribution >= 4 is 28.4 Å². The molecule has 0 fully saturated rings. The second-order valence-corrected chi connectivity index (χ2v) is 8.17. The number of nitrogens with one attached hydrogen (secondary N) is 1. The Morgan fingerprint density at radius 2 is 1.80 bits per heavy atom. The van der Waals surface area contributed by atoms with E-state index in [1.54, 1.807) is 12.4 Å². The lowest BCUT2D eigenvalue weighted by Crippen LogP contribution is -2.22. The summed E-state index contributed by atoms with van der Waals surface area (Å²) in [7, 11) is 1.21. The van der Waals surface area contributed by atoms with Crippen molar-refractivity contribution in [2.24, 2.45) is 17.8 Å². The van der Waals surface area contributed by atoms with Gasteiger partial charge in [-0.2, -0.15) is 23.3 Å². The molecule has 4 rings (SSSR count). The number of guanidine groups is 1. The maximum absolute atomic E-state index is 13.0. The number of nitrogens with two attached hydrogens (primary N) is 1. The van der Waals surface area contributed by atoms with Crippen molar-refractivity contribution in [1.82, 2.24) is 19.7 Å². The van der Waals surface area contributed by atoms with Crippen LogP contribution in [0.4, 0.5) is 24.7 Å². The molecule has 0 saturated carbocycles. The molecule has 0 amide bonds. The molecule has 0 aliphatic rings. The molecule has 0 atom stereocenters. The summed E-state index contributed by atoms with van der Waals surface area (Å²) in [5, 5.41) is 7.71. The van der Waals surface area contributed by atoms with Gasteiger partial charge in [0.25, 0.3) is 0 Å². The number of anilines is 1. The number of fused-ring (bicyclic) bond motifs is 1. The lowest BCUT2D eigenvalue weighted by atomic mass is 9.97. The van der Waals surface area contributed by atoms with Crippen molar-refractivity contribution in [2.45, 2.75) is 39.3 Å². The molecule has 10 heteroatoms. The van der Waals surface area contributed by atoms with Crippen LogP contribution < -0.4 is 11.1 Å². The predicted octanol–water partition coefficient (Wildman–Crippen LogP) is 5.16. The Morgan fingerprint density at radius 1 is 1.06 bits per heavy atom. The Hall–Kier alpha value is -3.95. The van der Waals surface area contributed by atoms with Crippen LogP contribution in [0, 0.1) is 0 Å². The number of benzene rings is 2. The van der Waals surface area contributed by atoms with E-state index in [0.29, 0.717) is 12.1 Å². The van der Waals surface area contributed by atoms with Crippen LogP contribution in [0.2, 0.25) is 0 Å². The lowest BCUT2D eigenvalue weighted by Gasteiger charge is -2.11. The summed E-state index contributed by atoms with van der Waals surface area (Å²) in [6, 6.07) is 12.7. The fraction of sp³-hybridized carbons (Fsp3) is 0.280. The maximum Gasteiger partial charge on any atom is 0.433 e. The van der Waals surface area contributed by atoms with Crippen molar-refractivity contribution < 1.29 is 13.2 Å². The number of halogens is 3. The number of aromatic nitrogens is 4. The zero-order chi connectivity index (χ0) is 25.2. The van der Waals surface area contributed by atoms with Crippen molar-refractivity contribution in [3.63, 3.8) is 0 Å². The van der Waals surface area contributed by atoms with Gasteiger partial charge in [-0.1, -0.05) is 26.0 Å². The van der Waals surface area contributed by atoms with Gasteiger partial charge in [-0.05, 0) is 53.8 Å². The molecule has 35 heavy (non-hydrogen) atoms. The number of hydrogen-bond donors (Lipinski definition) is 2. The first-order valence-electron chi connectivity index (χ1n) is 11.2. The Bertz CT molecular complexity index is 1390. The molecule has 0 aliphatic carbocycles. The van der Waals surface area contributed by atoms with Gasteiger partial charge >= 0.3 is 6.18 Å². The van der Waals surface area contributed by atoms with Gasteiger partial charge in [0, 0.05) is 30.6 Å². The summed E-state index contributed by atoms with van der Waals surface area (Å²) in [5.74, 6) is -0.201. The number of rotatable bonds is 6. The van der Waals surface area contributed by atoms with E-state index in [4.69, 9.17) is 5.73 Å². The molecule has 2 heterocycles. The van der Waals surface area contributed by atoms with Gasteiger partial charge in [0.1, 0.15) is 12.0 Å². The normalized spacial score (nSPS) is 12.3. The molecule has 0 radical (unpaired) electrons. The van der Waals surface area contributed by atoms with Crippen molar-refractivity contribution in [2.75, 3.05) is 5.32 Å². The molecule has 0 spiro atoms. The lowest BCUT2D eigenvalue weighted by molar-refractivity contribution is -0.143. The quantitative estimate of drug-likeness (QED) is 0.293. The van der Waals surface area contributed by atoms with Crippen LogP contribution in [0.25, 0.3) is 10.9 Å². The number of aryl methyl sites for hydroxylation is 3. The van der Waals surface area contributed by atoms with E-state index >= 15 is 0 Å². The summed E-state index contributed by atoms with van der Waals surface area (Å²) >= 11 is 0. The van der Waals surface area contributed by atoms with Gasteiger partial charge in [-0.15, -0.1) is 0 Å². The third-order valence-electron chi connectivity index (χ3n) is 5.76. The molecule has 0 saturated heterocycles. The van der Waals surface area contributed by atoms with Crippen molar-refractivity contribution in [3.8, 4) is 0 Å². The maximum atomic E-state index is 13.0. The van der Waals surface area contributed by atoms with Crippen LogP contribution in [-0.2, 0) is 32.5 Å². The molecule has 0 unspecified atom stereocenters. The third-order valence-corrected chi connectivity index (χ3v) is 5.76. The minimum atomic E-state index is -4.52. The molecule has 7 nitrogen and oxygen atoms in total. The van der Waals surface area contributed by atoms with E-state index in [1.807, 2.05) is 18.2 Å². The van der Waals surface area contributed by atoms with Gasteiger partial charge in [0.05, 0.1) is 11.2 Å². The fourth-order valence-corrected chi connectivity index (χ4v) is 4.07. The third kappa shape index (κ3) is 5.42. The molecular formula is C25H26F3N7. The fourth-order valence-electron chi connectivity index (χ4n) is 4.07. The van der Waals surface area contributed by atoms with E-state index in [0.717, 1.165) is 45.8 Å². The first kappa shape index (κ1) is 24.2. The molecular weight excluding hydrogens is 455 g/mol. The molecule has 3 N–H and O–H groups in total. The minimum Gasteiger partial charge on any atom is -0.369 e. The van der Waals surface area contributed by atoms with Crippen LogP contribution >= 0.6 is 0 Å².